The predicted octanol–water partition coefficient (Wildman–Crippen LogP) is 10.8. The highest BCUT2D eigenvalue weighted by molar-refractivity contribution is 7.19. The third kappa shape index (κ3) is 6.38. The molecule has 0 bridgehead atoms. The van der Waals surface area contributed by atoms with Gasteiger partial charge in [0.15, 0.2) is 0 Å². The van der Waals surface area contributed by atoms with Crippen LogP contribution in [0.4, 0.5) is 22.7 Å². The minimum Gasteiger partial charge on any atom is -0.396 e. The Bertz CT molecular complexity index is 1720. The summed E-state index contributed by atoms with van der Waals surface area (Å²) in [4.78, 5) is 16.0. The number of benzene rings is 3. The molecule has 2 aromatic heterocycles. The van der Waals surface area contributed by atoms with Crippen molar-refractivity contribution in [2.45, 2.75) is 53.4 Å². The predicted molar refractivity (Wildman–Crippen MR) is 189 cm³/mol. The van der Waals surface area contributed by atoms with Gasteiger partial charge >= 0.3 is 0 Å². The fourth-order valence-electron chi connectivity index (χ4n) is 5.36. The molecule has 0 amide bonds. The van der Waals surface area contributed by atoms with E-state index in [2.05, 4.69) is 87.5 Å². The SMILES string of the molecule is CCC(C)Cc1ccc(-c2ccc(-c3c(N)c(N)c(-c4ccc(-c5ccc(CC(C)CC)cc5)s4)c(N=O)c3N)s2)cc1. The molecule has 0 fully saturated rings. The van der Waals surface area contributed by atoms with Crippen molar-refractivity contribution in [2.24, 2.45) is 17.0 Å². The van der Waals surface area contributed by atoms with E-state index >= 15 is 0 Å². The van der Waals surface area contributed by atoms with Crippen molar-refractivity contribution in [3.8, 4) is 41.8 Å². The second kappa shape index (κ2) is 13.1. The van der Waals surface area contributed by atoms with E-state index in [0.29, 0.717) is 34.3 Å². The third-order valence-corrected chi connectivity index (χ3v) is 10.7. The summed E-state index contributed by atoms with van der Waals surface area (Å²) >= 11 is 3.12. The molecule has 5 aromatic rings. The second-order valence-corrected chi connectivity index (χ2v) is 13.8. The molecule has 2 unspecified atom stereocenters. The van der Waals surface area contributed by atoms with Gasteiger partial charge < -0.3 is 17.2 Å². The third-order valence-electron chi connectivity index (χ3n) is 8.43. The molecule has 5 rings (SSSR count). The average molecular weight is 609 g/mol. The highest BCUT2D eigenvalue weighted by atomic mass is 32.1. The first-order valence-electron chi connectivity index (χ1n) is 15.0. The van der Waals surface area contributed by atoms with Crippen LogP contribution < -0.4 is 17.2 Å². The maximum absolute atomic E-state index is 12.2. The lowest BCUT2D eigenvalue weighted by Gasteiger charge is -2.16. The maximum atomic E-state index is 12.2. The molecule has 43 heavy (non-hydrogen) atoms. The Morgan fingerprint density at radius 1 is 0.581 bits per heavy atom. The number of hydrogen-bond donors (Lipinski definition) is 3. The summed E-state index contributed by atoms with van der Waals surface area (Å²) < 4.78 is 0. The zero-order chi connectivity index (χ0) is 30.7. The van der Waals surface area contributed by atoms with E-state index in [1.165, 1.54) is 17.5 Å². The van der Waals surface area contributed by atoms with Crippen molar-refractivity contribution in [3.05, 3.63) is 88.8 Å². The van der Waals surface area contributed by atoms with Gasteiger partial charge in [0, 0.05) is 30.6 Å². The summed E-state index contributed by atoms with van der Waals surface area (Å²) in [5, 5.41) is 3.37. The molecule has 0 aliphatic rings. The Morgan fingerprint density at radius 2 is 0.977 bits per heavy atom. The molecule has 0 aliphatic carbocycles. The average Bonchev–Trinajstić information content (AvgIpc) is 3.70. The topological polar surface area (TPSA) is 107 Å². The zero-order valence-corrected chi connectivity index (χ0v) is 26.9. The summed E-state index contributed by atoms with van der Waals surface area (Å²) in [5.74, 6) is 1.31. The molecule has 0 aliphatic heterocycles. The molecule has 0 spiro atoms. The fourth-order valence-corrected chi connectivity index (χ4v) is 7.52. The molecule has 5 nitrogen and oxygen atoms in total. The molecule has 0 saturated heterocycles. The smallest absolute Gasteiger partial charge is 0.142 e. The van der Waals surface area contributed by atoms with Crippen LogP contribution in [0.3, 0.4) is 0 Å². The van der Waals surface area contributed by atoms with Gasteiger partial charge in [-0.25, -0.2) is 0 Å². The first kappa shape index (κ1) is 30.5. The number of rotatable bonds is 11. The van der Waals surface area contributed by atoms with Crippen molar-refractivity contribution in [1.82, 2.24) is 0 Å². The standard InChI is InChI=1S/C36H40N4OS2/c1-5-21(3)19-23-7-11-25(12-8-23)27-15-17-29(42-27)31-33(37)34(38)32(36(40-41)35(31)39)30-18-16-28(43-30)26-13-9-24(10-14-26)20-22(4)6-2/h7-18,21-22H,5-6,19-20,37-39H2,1-4H3. The molecule has 0 saturated carbocycles. The van der Waals surface area contributed by atoms with E-state index in [1.807, 2.05) is 18.2 Å². The first-order valence-corrected chi connectivity index (χ1v) is 16.6. The Morgan fingerprint density at radius 3 is 1.40 bits per heavy atom. The minimum atomic E-state index is 0.128. The van der Waals surface area contributed by atoms with Gasteiger partial charge in [-0.3, -0.25) is 0 Å². The lowest BCUT2D eigenvalue weighted by Crippen LogP contribution is -2.03. The first-order chi connectivity index (χ1) is 20.7. The van der Waals surface area contributed by atoms with Gasteiger partial charge in [0.05, 0.1) is 17.1 Å². The highest BCUT2D eigenvalue weighted by Crippen LogP contribution is 2.53. The normalized spacial score (nSPS) is 12.7. The number of nitrogens with zero attached hydrogens (tertiary/aromatic N) is 1. The Kier molecular flexibility index (Phi) is 9.33. The molecule has 0 radical (unpaired) electrons. The summed E-state index contributed by atoms with van der Waals surface area (Å²) in [6.07, 6.45) is 4.47. The van der Waals surface area contributed by atoms with Crippen molar-refractivity contribution in [1.29, 1.82) is 0 Å². The molecule has 6 N–H and O–H groups in total. The summed E-state index contributed by atoms with van der Waals surface area (Å²) in [6, 6.07) is 25.4. The van der Waals surface area contributed by atoms with Gasteiger partial charge in [-0.1, -0.05) is 89.1 Å². The number of thiophene rings is 2. The van der Waals surface area contributed by atoms with Crippen molar-refractivity contribution in [3.63, 3.8) is 0 Å². The largest absolute Gasteiger partial charge is 0.396 e. The van der Waals surface area contributed by atoms with Crippen LogP contribution in [0.15, 0.2) is 78.0 Å². The van der Waals surface area contributed by atoms with E-state index in [-0.39, 0.29) is 11.4 Å². The Balaban J connectivity index is 1.45. The van der Waals surface area contributed by atoms with Crippen LogP contribution in [-0.2, 0) is 12.8 Å². The minimum absolute atomic E-state index is 0.128. The van der Waals surface area contributed by atoms with Crippen molar-refractivity contribution >= 4 is 45.4 Å². The number of anilines is 3. The van der Waals surface area contributed by atoms with E-state index in [1.54, 1.807) is 22.7 Å². The van der Waals surface area contributed by atoms with Gasteiger partial charge in [-0.2, -0.15) is 0 Å². The summed E-state index contributed by atoms with van der Waals surface area (Å²) in [5.41, 5.74) is 26.9. The number of nitrogen functional groups attached to an aromatic ring is 3. The Hall–Kier alpha value is -3.94. The van der Waals surface area contributed by atoms with E-state index in [0.717, 1.165) is 49.9 Å². The van der Waals surface area contributed by atoms with Crippen LogP contribution in [0, 0.1) is 16.7 Å². The molecule has 2 atom stereocenters. The molecular weight excluding hydrogens is 569 g/mol. The van der Waals surface area contributed by atoms with E-state index in [4.69, 9.17) is 17.2 Å². The van der Waals surface area contributed by atoms with Crippen LogP contribution >= 0.6 is 22.7 Å². The number of hydrogen-bond acceptors (Lipinski definition) is 7. The lowest BCUT2D eigenvalue weighted by atomic mass is 9.98. The quantitative estimate of drug-likeness (QED) is 0.102. The van der Waals surface area contributed by atoms with Gasteiger partial charge in [0.25, 0.3) is 0 Å². The van der Waals surface area contributed by atoms with Crippen LogP contribution in [0.1, 0.15) is 51.7 Å². The van der Waals surface area contributed by atoms with Crippen LogP contribution in [0.25, 0.3) is 41.8 Å². The zero-order valence-electron chi connectivity index (χ0n) is 25.3. The van der Waals surface area contributed by atoms with Crippen LogP contribution in [0.2, 0.25) is 0 Å². The van der Waals surface area contributed by atoms with Crippen LogP contribution in [-0.4, -0.2) is 0 Å². The highest BCUT2D eigenvalue weighted by Gasteiger charge is 2.25. The molecule has 222 valence electrons. The molecule has 7 heteroatoms. The molecule has 2 heterocycles. The van der Waals surface area contributed by atoms with Gasteiger partial charge in [-0.15, -0.1) is 27.6 Å². The van der Waals surface area contributed by atoms with Gasteiger partial charge in [0.2, 0.25) is 0 Å². The fraction of sp³-hybridized carbons (Fsp3) is 0.278. The van der Waals surface area contributed by atoms with Crippen LogP contribution in [0.5, 0.6) is 0 Å². The van der Waals surface area contributed by atoms with E-state index < -0.39 is 0 Å². The lowest BCUT2D eigenvalue weighted by molar-refractivity contribution is 0.560. The van der Waals surface area contributed by atoms with Crippen molar-refractivity contribution < 1.29 is 0 Å². The van der Waals surface area contributed by atoms with Gasteiger partial charge in [0.1, 0.15) is 5.69 Å². The maximum Gasteiger partial charge on any atom is 0.142 e. The van der Waals surface area contributed by atoms with Crippen molar-refractivity contribution in [2.75, 3.05) is 17.2 Å². The number of nitrogens with two attached hydrogens (primary N) is 3. The summed E-state index contributed by atoms with van der Waals surface area (Å²) in [6.45, 7) is 8.99. The number of nitroso groups, excluding NO2 is 1. The molecule has 3 aromatic carbocycles. The Labute approximate surface area is 262 Å². The second-order valence-electron chi connectivity index (χ2n) is 11.6. The van der Waals surface area contributed by atoms with Gasteiger partial charge in [-0.05, 0) is 76.4 Å². The molecular formula is C36H40N4OS2. The monoisotopic (exact) mass is 608 g/mol. The summed E-state index contributed by atoms with van der Waals surface area (Å²) in [7, 11) is 0. The van der Waals surface area contributed by atoms with E-state index in [9.17, 15) is 4.91 Å².